The van der Waals surface area contributed by atoms with Gasteiger partial charge in [-0.25, -0.2) is 0 Å². The third kappa shape index (κ3) is 6.44. The highest BCUT2D eigenvalue weighted by Crippen LogP contribution is 2.24. The Hall–Kier alpha value is -2.47. The standard InChI is InChI=1S/C20H24F2N2O2/c1-2-3-13-23-18(25)14-24-19(15-7-5-4-6-8-15)16-9-11-17(12-10-16)26-20(21)22/h4-12,19-20,24H,2-3,13-14H2,1H3,(H,23,25). The molecule has 1 unspecified atom stereocenters. The largest absolute Gasteiger partial charge is 0.435 e. The molecular formula is C20H24F2N2O2. The average molecular weight is 362 g/mol. The van der Waals surface area contributed by atoms with Crippen LogP contribution in [0.15, 0.2) is 54.6 Å². The van der Waals surface area contributed by atoms with Gasteiger partial charge in [-0.05, 0) is 29.7 Å². The van der Waals surface area contributed by atoms with Crippen molar-refractivity contribution in [2.24, 2.45) is 0 Å². The Morgan fingerprint density at radius 2 is 1.69 bits per heavy atom. The minimum absolute atomic E-state index is 0.0722. The summed E-state index contributed by atoms with van der Waals surface area (Å²) in [5.74, 6) is 0.0323. The SMILES string of the molecule is CCCCNC(=O)CNC(c1ccccc1)c1ccc(OC(F)F)cc1. The lowest BCUT2D eigenvalue weighted by atomic mass is 9.98. The van der Waals surface area contributed by atoms with Crippen LogP contribution >= 0.6 is 0 Å². The number of ether oxygens (including phenoxy) is 1. The molecule has 0 aromatic heterocycles. The molecule has 6 heteroatoms. The van der Waals surface area contributed by atoms with Crippen molar-refractivity contribution in [2.75, 3.05) is 13.1 Å². The van der Waals surface area contributed by atoms with E-state index in [2.05, 4.69) is 22.3 Å². The van der Waals surface area contributed by atoms with Gasteiger partial charge in [-0.3, -0.25) is 10.1 Å². The molecule has 0 spiro atoms. The summed E-state index contributed by atoms with van der Waals surface area (Å²) in [5.41, 5.74) is 1.84. The van der Waals surface area contributed by atoms with Crippen molar-refractivity contribution in [3.05, 3.63) is 65.7 Å². The van der Waals surface area contributed by atoms with E-state index in [1.807, 2.05) is 30.3 Å². The van der Waals surface area contributed by atoms with Crippen LogP contribution in [-0.2, 0) is 4.79 Å². The molecule has 2 aromatic rings. The Balaban J connectivity index is 2.08. The highest BCUT2D eigenvalue weighted by Gasteiger charge is 2.15. The normalized spacial score (nSPS) is 12.0. The van der Waals surface area contributed by atoms with E-state index in [-0.39, 0.29) is 24.2 Å². The van der Waals surface area contributed by atoms with Gasteiger partial charge in [0.05, 0.1) is 12.6 Å². The molecule has 0 saturated carbocycles. The van der Waals surface area contributed by atoms with E-state index in [9.17, 15) is 13.6 Å². The summed E-state index contributed by atoms with van der Waals surface area (Å²) >= 11 is 0. The summed E-state index contributed by atoms with van der Waals surface area (Å²) < 4.78 is 29.0. The second kappa shape index (κ2) is 10.5. The van der Waals surface area contributed by atoms with Crippen molar-refractivity contribution >= 4 is 5.91 Å². The fourth-order valence-corrected chi connectivity index (χ4v) is 2.58. The molecule has 1 amide bonds. The second-order valence-corrected chi connectivity index (χ2v) is 5.88. The zero-order valence-electron chi connectivity index (χ0n) is 14.8. The smallest absolute Gasteiger partial charge is 0.387 e. The Morgan fingerprint density at radius 3 is 2.31 bits per heavy atom. The summed E-state index contributed by atoms with van der Waals surface area (Å²) in [6.07, 6.45) is 1.97. The lowest BCUT2D eigenvalue weighted by molar-refractivity contribution is -0.120. The molecule has 0 aliphatic heterocycles. The minimum Gasteiger partial charge on any atom is -0.435 e. The first-order chi connectivity index (χ1) is 12.6. The van der Waals surface area contributed by atoms with Crippen molar-refractivity contribution in [3.63, 3.8) is 0 Å². The predicted molar refractivity (Wildman–Crippen MR) is 97.3 cm³/mol. The first kappa shape index (κ1) is 19.8. The van der Waals surface area contributed by atoms with Gasteiger partial charge in [-0.2, -0.15) is 8.78 Å². The molecule has 0 aliphatic carbocycles. The monoisotopic (exact) mass is 362 g/mol. The van der Waals surface area contributed by atoms with Gasteiger partial charge < -0.3 is 10.1 Å². The number of benzene rings is 2. The lowest BCUT2D eigenvalue weighted by Crippen LogP contribution is -2.36. The van der Waals surface area contributed by atoms with Crippen LogP contribution in [0.5, 0.6) is 5.75 Å². The quantitative estimate of drug-likeness (QED) is 0.631. The third-order valence-electron chi connectivity index (χ3n) is 3.89. The molecule has 4 nitrogen and oxygen atoms in total. The van der Waals surface area contributed by atoms with Crippen LogP contribution in [0.3, 0.4) is 0 Å². The van der Waals surface area contributed by atoms with Crippen molar-refractivity contribution in [3.8, 4) is 5.75 Å². The van der Waals surface area contributed by atoms with E-state index in [1.54, 1.807) is 12.1 Å². The molecule has 1 atom stereocenters. The number of alkyl halides is 2. The number of hydrogen-bond acceptors (Lipinski definition) is 3. The van der Waals surface area contributed by atoms with Crippen molar-refractivity contribution in [2.45, 2.75) is 32.4 Å². The third-order valence-corrected chi connectivity index (χ3v) is 3.89. The number of hydrogen-bond donors (Lipinski definition) is 2. The molecule has 0 bridgehead atoms. The zero-order valence-corrected chi connectivity index (χ0v) is 14.8. The number of unbranched alkanes of at least 4 members (excludes halogenated alkanes) is 1. The molecule has 2 rings (SSSR count). The van der Waals surface area contributed by atoms with Crippen LogP contribution in [-0.4, -0.2) is 25.6 Å². The maximum Gasteiger partial charge on any atom is 0.387 e. The van der Waals surface area contributed by atoms with Crippen molar-refractivity contribution in [1.82, 2.24) is 10.6 Å². The van der Waals surface area contributed by atoms with Gasteiger partial charge in [0.25, 0.3) is 0 Å². The minimum atomic E-state index is -2.85. The summed E-state index contributed by atoms with van der Waals surface area (Å²) in [5, 5.41) is 6.11. The maximum absolute atomic E-state index is 12.3. The van der Waals surface area contributed by atoms with Crippen LogP contribution in [0, 0.1) is 0 Å². The number of amides is 1. The Kier molecular flexibility index (Phi) is 8.02. The van der Waals surface area contributed by atoms with Gasteiger partial charge in [0.2, 0.25) is 5.91 Å². The summed E-state index contributed by atoms with van der Waals surface area (Å²) in [6.45, 7) is 0.0402. The molecule has 0 saturated heterocycles. The highest BCUT2D eigenvalue weighted by atomic mass is 19.3. The zero-order chi connectivity index (χ0) is 18.8. The molecular weight excluding hydrogens is 338 g/mol. The molecule has 140 valence electrons. The first-order valence-electron chi connectivity index (χ1n) is 8.70. The summed E-state index contributed by atoms with van der Waals surface area (Å²) in [6, 6.07) is 15.9. The van der Waals surface area contributed by atoms with E-state index in [4.69, 9.17) is 0 Å². The second-order valence-electron chi connectivity index (χ2n) is 5.88. The molecule has 2 N–H and O–H groups in total. The Labute approximate surface area is 152 Å². The lowest BCUT2D eigenvalue weighted by Gasteiger charge is -2.20. The Bertz CT molecular complexity index is 663. The fourth-order valence-electron chi connectivity index (χ4n) is 2.58. The molecule has 0 fully saturated rings. The molecule has 26 heavy (non-hydrogen) atoms. The van der Waals surface area contributed by atoms with Crippen LogP contribution in [0.4, 0.5) is 8.78 Å². The number of carbonyl (C=O) groups excluding carboxylic acids is 1. The van der Waals surface area contributed by atoms with Gasteiger partial charge in [-0.15, -0.1) is 0 Å². The average Bonchev–Trinajstić information content (AvgIpc) is 2.64. The number of nitrogens with one attached hydrogen (secondary N) is 2. The maximum atomic E-state index is 12.3. The number of carbonyl (C=O) groups is 1. The van der Waals surface area contributed by atoms with Crippen molar-refractivity contribution in [1.29, 1.82) is 0 Å². The van der Waals surface area contributed by atoms with E-state index in [1.165, 1.54) is 12.1 Å². The first-order valence-corrected chi connectivity index (χ1v) is 8.70. The van der Waals surface area contributed by atoms with E-state index < -0.39 is 6.61 Å². The van der Waals surface area contributed by atoms with Gasteiger partial charge in [-0.1, -0.05) is 55.8 Å². The van der Waals surface area contributed by atoms with Crippen LogP contribution in [0.25, 0.3) is 0 Å². The van der Waals surface area contributed by atoms with E-state index in [0.717, 1.165) is 24.0 Å². The van der Waals surface area contributed by atoms with Crippen molar-refractivity contribution < 1.29 is 18.3 Å². The summed E-state index contributed by atoms with van der Waals surface area (Å²) in [7, 11) is 0. The van der Waals surface area contributed by atoms with Crippen LogP contribution < -0.4 is 15.4 Å². The van der Waals surface area contributed by atoms with Gasteiger partial charge in [0.1, 0.15) is 5.75 Å². The van der Waals surface area contributed by atoms with E-state index in [0.29, 0.717) is 6.54 Å². The highest BCUT2D eigenvalue weighted by molar-refractivity contribution is 5.78. The number of halogens is 2. The molecule has 0 aliphatic rings. The molecule has 0 radical (unpaired) electrons. The molecule has 0 heterocycles. The van der Waals surface area contributed by atoms with Gasteiger partial charge in [0, 0.05) is 6.54 Å². The van der Waals surface area contributed by atoms with Crippen LogP contribution in [0.1, 0.15) is 36.9 Å². The fraction of sp³-hybridized carbons (Fsp3) is 0.350. The molecule has 2 aromatic carbocycles. The summed E-state index contributed by atoms with van der Waals surface area (Å²) in [4.78, 5) is 12.0. The number of rotatable bonds is 10. The topological polar surface area (TPSA) is 50.4 Å². The van der Waals surface area contributed by atoms with Gasteiger partial charge >= 0.3 is 6.61 Å². The van der Waals surface area contributed by atoms with Crippen LogP contribution in [0.2, 0.25) is 0 Å². The van der Waals surface area contributed by atoms with Gasteiger partial charge in [0.15, 0.2) is 0 Å². The Morgan fingerprint density at radius 1 is 1.04 bits per heavy atom. The van der Waals surface area contributed by atoms with E-state index >= 15 is 0 Å². The predicted octanol–water partition coefficient (Wildman–Crippen LogP) is 3.88.